The molecular weight excluding hydrogens is 504 g/mol. The molecule has 3 aliphatic carbocycles. The molecule has 0 saturated carbocycles. The zero-order valence-corrected chi connectivity index (χ0v) is 21.2. The summed E-state index contributed by atoms with van der Waals surface area (Å²) in [4.78, 5) is 49.2. The number of phenolic OH excluding ortho intramolecular Hbond substituents is 1. The lowest BCUT2D eigenvalue weighted by Crippen LogP contribution is -2.68. The lowest BCUT2D eigenvalue weighted by molar-refractivity contribution is -0.162. The number of aromatic hydroxyl groups is 1. The number of aliphatic hydroxyl groups is 4. The van der Waals surface area contributed by atoms with Crippen LogP contribution in [0, 0.1) is 11.8 Å². The first kappa shape index (κ1) is 30.4. The number of carbonyl (C=O) groups is 4. The summed E-state index contributed by atoms with van der Waals surface area (Å²) in [6.45, 7) is 3.28. The summed E-state index contributed by atoms with van der Waals surface area (Å²) < 4.78 is 0. The number of hydrogen-bond acceptors (Lipinski definition) is 10. The lowest BCUT2D eigenvalue weighted by Gasteiger charge is -2.53. The third-order valence-corrected chi connectivity index (χ3v) is 7.30. The van der Waals surface area contributed by atoms with Crippen molar-refractivity contribution in [3.63, 3.8) is 0 Å². The quantitative estimate of drug-likeness (QED) is 0.238. The Bertz CT molecular complexity index is 1250. The van der Waals surface area contributed by atoms with Crippen molar-refractivity contribution in [1.29, 1.82) is 0 Å². The standard InChI is InChI=1S/C22H24N2O8.C3H6O2.H2O/c1-7-8-5-4-6-9(25)11(8)16(26)12-10(7)17(27)14-15(24(2)3)18(28)13(21(23)31)20(30)22(14,32)19(12)29;1-2-3(4)5;/h4-7,10,14-15,17,25,27-29,32H,1-3H3,(H2,23,31);2H2,1H3,(H,4,5);1H2/t7-,10+,14+,15-,17-,22-;;/m0../s1. The summed E-state index contributed by atoms with van der Waals surface area (Å²) in [6, 6.07) is 3.17. The molecule has 0 saturated heterocycles. The third kappa shape index (κ3) is 4.22. The molecule has 1 aromatic carbocycles. The van der Waals surface area contributed by atoms with E-state index in [0.29, 0.717) is 5.56 Å². The summed E-state index contributed by atoms with van der Waals surface area (Å²) >= 11 is 0. The van der Waals surface area contributed by atoms with Gasteiger partial charge in [0.15, 0.2) is 11.4 Å². The van der Waals surface area contributed by atoms with Crippen LogP contribution in [0.5, 0.6) is 5.75 Å². The van der Waals surface area contributed by atoms with Gasteiger partial charge in [-0.25, -0.2) is 0 Å². The first-order valence-electron chi connectivity index (χ1n) is 11.5. The van der Waals surface area contributed by atoms with Gasteiger partial charge in [0.25, 0.3) is 5.91 Å². The molecule has 0 heterocycles. The number of amides is 1. The van der Waals surface area contributed by atoms with Crippen LogP contribution in [0.1, 0.15) is 42.1 Å². The minimum atomic E-state index is -2.89. The highest BCUT2D eigenvalue weighted by Gasteiger charge is 2.67. The van der Waals surface area contributed by atoms with Gasteiger partial charge in [-0.15, -0.1) is 0 Å². The molecule has 0 aromatic heterocycles. The number of Topliss-reactive ketones (excluding diaryl/α,β-unsaturated/α-hetero) is 2. The van der Waals surface area contributed by atoms with E-state index in [1.54, 1.807) is 26.0 Å². The number of phenols is 1. The van der Waals surface area contributed by atoms with Crippen molar-refractivity contribution in [3.8, 4) is 5.75 Å². The number of aliphatic hydroxyl groups excluding tert-OH is 3. The smallest absolute Gasteiger partial charge is 0.303 e. The summed E-state index contributed by atoms with van der Waals surface area (Å²) in [6.07, 6.45) is -1.37. The first-order valence-corrected chi connectivity index (χ1v) is 11.5. The molecule has 13 nitrogen and oxygen atoms in total. The van der Waals surface area contributed by atoms with Crippen molar-refractivity contribution in [2.45, 2.75) is 43.9 Å². The Morgan fingerprint density at radius 2 is 1.68 bits per heavy atom. The normalized spacial score (nSPS) is 29.9. The van der Waals surface area contributed by atoms with Gasteiger partial charge in [0.1, 0.15) is 22.8 Å². The maximum atomic E-state index is 13.3. The summed E-state index contributed by atoms with van der Waals surface area (Å²) in [5, 5.41) is 62.8. The average Bonchev–Trinajstić information content (AvgIpc) is 2.81. The van der Waals surface area contributed by atoms with E-state index >= 15 is 0 Å². The van der Waals surface area contributed by atoms with Crippen molar-refractivity contribution in [3.05, 3.63) is 52.0 Å². The van der Waals surface area contributed by atoms with Crippen LogP contribution in [0.4, 0.5) is 0 Å². The Hall–Kier alpha value is -3.78. The Balaban J connectivity index is 0.000000774. The Morgan fingerprint density at radius 3 is 2.16 bits per heavy atom. The minimum Gasteiger partial charge on any atom is -0.510 e. The molecule has 3 aliphatic rings. The molecule has 0 fully saturated rings. The number of aliphatic carboxylic acids is 1. The molecular formula is C25H32N2O11. The van der Waals surface area contributed by atoms with Gasteiger partial charge in [-0.3, -0.25) is 24.1 Å². The predicted molar refractivity (Wildman–Crippen MR) is 131 cm³/mol. The SMILES string of the molecule is CCC(=O)O.C[C@H]1c2cccc(O)c2C(=O)C2=C(O)[C@]3(O)C(=O)C(C(N)=O)=C(O)[C@@H](N(C)C)[C@@H]3[C@@H](O)[C@@H]21.O. The van der Waals surface area contributed by atoms with Crippen LogP contribution in [-0.2, 0) is 14.4 Å². The van der Waals surface area contributed by atoms with Crippen LogP contribution in [0.3, 0.4) is 0 Å². The minimum absolute atomic E-state index is 0. The number of ketones is 2. The number of benzene rings is 1. The van der Waals surface area contributed by atoms with Crippen LogP contribution < -0.4 is 5.73 Å². The number of rotatable bonds is 3. The molecule has 0 radical (unpaired) electrons. The number of likely N-dealkylation sites (N-methyl/N-ethyl adjacent to an activating group) is 1. The number of carboxylic acid groups (broad SMARTS) is 1. The topological polar surface area (TPSA) is 250 Å². The fraction of sp³-hybridized carbons (Fsp3) is 0.440. The molecule has 0 spiro atoms. The van der Waals surface area contributed by atoms with Crippen molar-refractivity contribution in [1.82, 2.24) is 4.90 Å². The first-order chi connectivity index (χ1) is 17.1. The van der Waals surface area contributed by atoms with E-state index in [1.807, 2.05) is 0 Å². The summed E-state index contributed by atoms with van der Waals surface area (Å²) in [5.74, 6) is -9.61. The van der Waals surface area contributed by atoms with E-state index in [-0.39, 0.29) is 23.2 Å². The van der Waals surface area contributed by atoms with Gasteiger partial charge in [0.05, 0.1) is 23.6 Å². The number of nitrogens with zero attached hydrogens (tertiary/aromatic N) is 1. The van der Waals surface area contributed by atoms with Crippen LogP contribution in [-0.4, -0.2) is 96.3 Å². The van der Waals surface area contributed by atoms with Gasteiger partial charge in [0, 0.05) is 17.9 Å². The molecule has 208 valence electrons. The monoisotopic (exact) mass is 536 g/mol. The second-order valence-electron chi connectivity index (χ2n) is 9.54. The second kappa shape index (κ2) is 10.5. The number of carboxylic acids is 1. The van der Waals surface area contributed by atoms with Gasteiger partial charge < -0.3 is 41.8 Å². The highest BCUT2D eigenvalue weighted by Crippen LogP contribution is 2.55. The molecule has 0 bridgehead atoms. The van der Waals surface area contributed by atoms with Crippen molar-refractivity contribution < 1.29 is 55.3 Å². The third-order valence-electron chi connectivity index (χ3n) is 7.30. The highest BCUT2D eigenvalue weighted by molar-refractivity contribution is 6.25. The summed E-state index contributed by atoms with van der Waals surface area (Å²) in [7, 11) is 2.98. The van der Waals surface area contributed by atoms with E-state index < -0.39 is 81.6 Å². The zero-order chi connectivity index (χ0) is 28.1. The van der Waals surface area contributed by atoms with Crippen LogP contribution in [0.2, 0.25) is 0 Å². The molecule has 38 heavy (non-hydrogen) atoms. The largest absolute Gasteiger partial charge is 0.510 e. The maximum Gasteiger partial charge on any atom is 0.303 e. The van der Waals surface area contributed by atoms with E-state index in [2.05, 4.69) is 0 Å². The van der Waals surface area contributed by atoms with E-state index in [0.717, 1.165) is 0 Å². The van der Waals surface area contributed by atoms with Gasteiger partial charge in [-0.05, 0) is 31.6 Å². The molecule has 1 aromatic rings. The molecule has 10 N–H and O–H groups in total. The number of fused-ring (bicyclic) bond motifs is 3. The lowest BCUT2D eigenvalue weighted by atomic mass is 9.55. The fourth-order valence-corrected chi connectivity index (χ4v) is 5.58. The van der Waals surface area contributed by atoms with E-state index in [1.165, 1.54) is 25.1 Å². The Labute approximate surface area is 217 Å². The molecule has 4 rings (SSSR count). The zero-order valence-electron chi connectivity index (χ0n) is 21.2. The number of carbonyl (C=O) groups excluding carboxylic acids is 3. The van der Waals surface area contributed by atoms with Crippen molar-refractivity contribution in [2.75, 3.05) is 14.1 Å². The maximum absolute atomic E-state index is 13.3. The van der Waals surface area contributed by atoms with Crippen LogP contribution in [0.15, 0.2) is 40.9 Å². The van der Waals surface area contributed by atoms with Gasteiger partial charge >= 0.3 is 5.97 Å². The molecule has 0 aliphatic heterocycles. The van der Waals surface area contributed by atoms with Gasteiger partial charge in [0.2, 0.25) is 5.78 Å². The predicted octanol–water partition coefficient (Wildman–Crippen LogP) is -0.691. The Morgan fingerprint density at radius 1 is 1.13 bits per heavy atom. The fourth-order valence-electron chi connectivity index (χ4n) is 5.58. The van der Waals surface area contributed by atoms with Crippen molar-refractivity contribution in [2.24, 2.45) is 17.6 Å². The van der Waals surface area contributed by atoms with Crippen LogP contribution >= 0.6 is 0 Å². The van der Waals surface area contributed by atoms with Gasteiger partial charge in [-0.1, -0.05) is 26.0 Å². The Kier molecular flexibility index (Phi) is 8.44. The second-order valence-corrected chi connectivity index (χ2v) is 9.54. The van der Waals surface area contributed by atoms with E-state index in [9.17, 15) is 44.7 Å². The average molecular weight is 537 g/mol. The molecule has 13 heteroatoms. The van der Waals surface area contributed by atoms with Crippen molar-refractivity contribution >= 4 is 23.4 Å². The molecule has 6 atom stereocenters. The molecule has 0 unspecified atom stereocenters. The number of hydrogen-bond donors (Lipinski definition) is 7. The van der Waals surface area contributed by atoms with Crippen LogP contribution in [0.25, 0.3) is 0 Å². The van der Waals surface area contributed by atoms with E-state index in [4.69, 9.17) is 10.8 Å². The molecule has 1 amide bonds. The number of primary amides is 1. The van der Waals surface area contributed by atoms with Gasteiger partial charge in [-0.2, -0.15) is 0 Å². The highest BCUT2D eigenvalue weighted by atomic mass is 16.4. The summed E-state index contributed by atoms with van der Waals surface area (Å²) in [5.41, 5.74) is 1.36. The number of nitrogens with two attached hydrogens (primary N) is 1.